The lowest BCUT2D eigenvalue weighted by atomic mass is 10.1. The van der Waals surface area contributed by atoms with Gasteiger partial charge in [-0.1, -0.05) is 25.4 Å². The van der Waals surface area contributed by atoms with Crippen LogP contribution in [0.4, 0.5) is 0 Å². The summed E-state index contributed by atoms with van der Waals surface area (Å²) in [6.45, 7) is 6.62. The Kier molecular flexibility index (Phi) is 3.78. The molecule has 1 aromatic rings. The van der Waals surface area contributed by atoms with E-state index >= 15 is 0 Å². The van der Waals surface area contributed by atoms with Crippen molar-refractivity contribution in [1.82, 2.24) is 5.32 Å². The molecule has 0 aromatic heterocycles. The molecule has 0 unspecified atom stereocenters. The number of hydrogen-bond donors (Lipinski definition) is 2. The first-order valence-corrected chi connectivity index (χ1v) is 5.10. The zero-order valence-corrected chi connectivity index (χ0v) is 9.52. The van der Waals surface area contributed by atoms with Gasteiger partial charge in [-0.2, -0.15) is 0 Å². The number of benzene rings is 1. The van der Waals surface area contributed by atoms with E-state index in [0.717, 1.165) is 11.1 Å². The molecule has 78 valence electrons. The summed E-state index contributed by atoms with van der Waals surface area (Å²) in [5.74, 6) is 0.336. The summed E-state index contributed by atoms with van der Waals surface area (Å²) in [6, 6.07) is 3.95. The number of halogens is 1. The van der Waals surface area contributed by atoms with Gasteiger partial charge in [-0.25, -0.2) is 0 Å². The predicted molar refractivity (Wildman–Crippen MR) is 59.8 cm³/mol. The monoisotopic (exact) mass is 213 g/mol. The van der Waals surface area contributed by atoms with Crippen LogP contribution in [0.25, 0.3) is 0 Å². The summed E-state index contributed by atoms with van der Waals surface area (Å²) < 4.78 is 0. The Hall–Kier alpha value is -0.730. The Morgan fingerprint density at radius 1 is 1.43 bits per heavy atom. The molecule has 0 saturated heterocycles. The fourth-order valence-corrected chi connectivity index (χ4v) is 1.55. The molecule has 2 N–H and O–H groups in total. The third kappa shape index (κ3) is 2.89. The van der Waals surface area contributed by atoms with Crippen LogP contribution in [0.15, 0.2) is 12.1 Å². The number of rotatable bonds is 3. The Balaban J connectivity index is 2.85. The molecular weight excluding hydrogens is 198 g/mol. The minimum Gasteiger partial charge on any atom is -0.507 e. The summed E-state index contributed by atoms with van der Waals surface area (Å²) >= 11 is 5.90. The number of hydrogen-bond acceptors (Lipinski definition) is 2. The van der Waals surface area contributed by atoms with Crippen LogP contribution in [0.1, 0.15) is 25.0 Å². The highest BCUT2D eigenvalue weighted by molar-refractivity contribution is 6.30. The van der Waals surface area contributed by atoms with Gasteiger partial charge in [-0.3, -0.25) is 0 Å². The lowest BCUT2D eigenvalue weighted by molar-refractivity contribution is 0.457. The van der Waals surface area contributed by atoms with Crippen molar-refractivity contribution < 1.29 is 5.11 Å². The van der Waals surface area contributed by atoms with E-state index in [1.165, 1.54) is 0 Å². The van der Waals surface area contributed by atoms with E-state index in [1.807, 2.05) is 6.92 Å². The van der Waals surface area contributed by atoms with E-state index in [4.69, 9.17) is 11.6 Å². The second-order valence-electron chi connectivity index (χ2n) is 3.77. The van der Waals surface area contributed by atoms with Gasteiger partial charge in [0.2, 0.25) is 0 Å². The van der Waals surface area contributed by atoms with Crippen LogP contribution in [0.2, 0.25) is 5.02 Å². The molecule has 0 aliphatic rings. The van der Waals surface area contributed by atoms with Crippen LogP contribution >= 0.6 is 11.6 Å². The van der Waals surface area contributed by atoms with E-state index in [0.29, 0.717) is 23.4 Å². The van der Waals surface area contributed by atoms with Crippen LogP contribution in [0, 0.1) is 6.92 Å². The molecule has 2 nitrogen and oxygen atoms in total. The fourth-order valence-electron chi connectivity index (χ4n) is 1.25. The molecule has 0 saturated carbocycles. The molecule has 0 bridgehead atoms. The number of nitrogens with one attached hydrogen (secondary N) is 1. The first kappa shape index (κ1) is 11.3. The number of phenolic OH excluding ortho intramolecular Hbond substituents is 1. The quantitative estimate of drug-likeness (QED) is 0.810. The maximum atomic E-state index is 9.74. The van der Waals surface area contributed by atoms with Gasteiger partial charge in [0.15, 0.2) is 0 Å². The molecule has 0 spiro atoms. The molecule has 1 aromatic carbocycles. The Bertz CT molecular complexity index is 323. The average molecular weight is 214 g/mol. The van der Waals surface area contributed by atoms with E-state index in [9.17, 15) is 5.11 Å². The lowest BCUT2D eigenvalue weighted by Crippen LogP contribution is -2.21. The van der Waals surface area contributed by atoms with Crippen LogP contribution in [-0.2, 0) is 6.54 Å². The maximum absolute atomic E-state index is 9.74. The molecule has 0 aliphatic heterocycles. The van der Waals surface area contributed by atoms with Crippen LogP contribution in [0.3, 0.4) is 0 Å². The normalized spacial score (nSPS) is 10.9. The second kappa shape index (κ2) is 4.67. The number of aryl methyl sites for hydroxylation is 1. The Morgan fingerprint density at radius 2 is 2.07 bits per heavy atom. The summed E-state index contributed by atoms with van der Waals surface area (Å²) in [5, 5.41) is 13.6. The number of phenols is 1. The topological polar surface area (TPSA) is 32.3 Å². The number of aromatic hydroxyl groups is 1. The summed E-state index contributed by atoms with van der Waals surface area (Å²) in [5.41, 5.74) is 1.67. The molecule has 0 fully saturated rings. The van der Waals surface area contributed by atoms with Gasteiger partial charge in [0.05, 0.1) is 0 Å². The molecule has 0 atom stereocenters. The van der Waals surface area contributed by atoms with Gasteiger partial charge in [0, 0.05) is 23.2 Å². The van der Waals surface area contributed by atoms with Crippen molar-refractivity contribution in [3.05, 3.63) is 28.3 Å². The van der Waals surface area contributed by atoms with Crippen LogP contribution in [0.5, 0.6) is 5.75 Å². The fraction of sp³-hybridized carbons (Fsp3) is 0.455. The van der Waals surface area contributed by atoms with Crippen molar-refractivity contribution in [2.45, 2.75) is 33.4 Å². The minimum atomic E-state index is 0.336. The summed E-state index contributed by atoms with van der Waals surface area (Å²) in [4.78, 5) is 0. The van der Waals surface area contributed by atoms with Gasteiger partial charge in [-0.05, 0) is 24.6 Å². The molecule has 3 heteroatoms. The van der Waals surface area contributed by atoms with Crippen LogP contribution < -0.4 is 5.32 Å². The minimum absolute atomic E-state index is 0.336. The predicted octanol–water partition coefficient (Wildman–Crippen LogP) is 2.85. The standard InChI is InChI=1S/C11H16ClNO/c1-7(2)13-6-9-5-10(12)4-8(3)11(9)14/h4-5,7,13-14H,6H2,1-3H3. The van der Waals surface area contributed by atoms with Gasteiger partial charge in [0.25, 0.3) is 0 Å². The van der Waals surface area contributed by atoms with Crippen molar-refractivity contribution in [2.24, 2.45) is 0 Å². The van der Waals surface area contributed by atoms with Gasteiger partial charge < -0.3 is 10.4 Å². The smallest absolute Gasteiger partial charge is 0.123 e. The zero-order valence-electron chi connectivity index (χ0n) is 8.76. The van der Waals surface area contributed by atoms with E-state index < -0.39 is 0 Å². The van der Waals surface area contributed by atoms with Crippen molar-refractivity contribution in [3.63, 3.8) is 0 Å². The van der Waals surface area contributed by atoms with Crippen LogP contribution in [-0.4, -0.2) is 11.1 Å². The first-order chi connectivity index (χ1) is 6.50. The van der Waals surface area contributed by atoms with Gasteiger partial charge in [-0.15, -0.1) is 0 Å². The van der Waals surface area contributed by atoms with E-state index in [1.54, 1.807) is 12.1 Å². The van der Waals surface area contributed by atoms with Gasteiger partial charge >= 0.3 is 0 Å². The molecule has 0 heterocycles. The zero-order chi connectivity index (χ0) is 10.7. The summed E-state index contributed by atoms with van der Waals surface area (Å²) in [6.07, 6.45) is 0. The summed E-state index contributed by atoms with van der Waals surface area (Å²) in [7, 11) is 0. The highest BCUT2D eigenvalue weighted by atomic mass is 35.5. The maximum Gasteiger partial charge on any atom is 0.123 e. The van der Waals surface area contributed by atoms with Crippen molar-refractivity contribution >= 4 is 11.6 Å². The largest absolute Gasteiger partial charge is 0.507 e. The highest BCUT2D eigenvalue weighted by Crippen LogP contribution is 2.26. The molecule has 14 heavy (non-hydrogen) atoms. The second-order valence-corrected chi connectivity index (χ2v) is 4.20. The van der Waals surface area contributed by atoms with Crippen molar-refractivity contribution in [2.75, 3.05) is 0 Å². The Morgan fingerprint density at radius 3 is 2.64 bits per heavy atom. The molecule has 0 radical (unpaired) electrons. The molecule has 0 amide bonds. The SMILES string of the molecule is Cc1cc(Cl)cc(CNC(C)C)c1O. The Labute approximate surface area is 89.9 Å². The third-order valence-corrected chi connectivity index (χ3v) is 2.26. The first-order valence-electron chi connectivity index (χ1n) is 4.72. The van der Waals surface area contributed by atoms with Crippen molar-refractivity contribution in [3.8, 4) is 5.75 Å². The van der Waals surface area contributed by atoms with E-state index in [2.05, 4.69) is 19.2 Å². The van der Waals surface area contributed by atoms with Gasteiger partial charge in [0.1, 0.15) is 5.75 Å². The average Bonchev–Trinajstić information content (AvgIpc) is 2.08. The van der Waals surface area contributed by atoms with Crippen molar-refractivity contribution in [1.29, 1.82) is 0 Å². The molecular formula is C11H16ClNO. The molecule has 0 aliphatic carbocycles. The molecule has 1 rings (SSSR count). The highest BCUT2D eigenvalue weighted by Gasteiger charge is 2.06. The third-order valence-electron chi connectivity index (χ3n) is 2.04. The lowest BCUT2D eigenvalue weighted by Gasteiger charge is -2.11. The van der Waals surface area contributed by atoms with E-state index in [-0.39, 0.29) is 0 Å².